The standard InChI is InChI=1S/C13H19FN2O2.ClH/c1-10-3-4-11(7-12(10)14)8-16-13(17)9-15-5-6-18-2;/h3-4,7,15H,5-6,8-9H2,1-2H3,(H,16,17);1H. The Morgan fingerprint density at radius 1 is 1.42 bits per heavy atom. The maximum absolute atomic E-state index is 13.3. The van der Waals surface area contributed by atoms with Gasteiger partial charge in [0.2, 0.25) is 5.91 Å². The van der Waals surface area contributed by atoms with Crippen LogP contribution in [0.3, 0.4) is 0 Å². The number of rotatable bonds is 7. The van der Waals surface area contributed by atoms with Gasteiger partial charge in [-0.2, -0.15) is 0 Å². The van der Waals surface area contributed by atoms with Crippen molar-refractivity contribution in [3.05, 3.63) is 35.1 Å². The van der Waals surface area contributed by atoms with Crippen molar-refractivity contribution in [1.82, 2.24) is 10.6 Å². The first kappa shape index (κ1) is 17.8. The maximum Gasteiger partial charge on any atom is 0.234 e. The predicted molar refractivity (Wildman–Crippen MR) is 75.0 cm³/mol. The van der Waals surface area contributed by atoms with Crippen molar-refractivity contribution >= 4 is 18.3 Å². The molecule has 0 saturated heterocycles. The fourth-order valence-corrected chi connectivity index (χ4v) is 1.39. The van der Waals surface area contributed by atoms with Crippen molar-refractivity contribution in [2.75, 3.05) is 26.8 Å². The molecule has 0 aliphatic carbocycles. The number of ether oxygens (including phenoxy) is 1. The molecule has 0 bridgehead atoms. The number of carbonyl (C=O) groups excluding carboxylic acids is 1. The van der Waals surface area contributed by atoms with Crippen LogP contribution in [0.5, 0.6) is 0 Å². The summed E-state index contributed by atoms with van der Waals surface area (Å²) in [6, 6.07) is 4.94. The number of benzene rings is 1. The first-order valence-corrected chi connectivity index (χ1v) is 5.85. The van der Waals surface area contributed by atoms with E-state index in [0.717, 1.165) is 5.56 Å². The molecule has 0 aromatic heterocycles. The molecule has 1 aromatic carbocycles. The van der Waals surface area contributed by atoms with Gasteiger partial charge in [0.15, 0.2) is 0 Å². The van der Waals surface area contributed by atoms with E-state index in [9.17, 15) is 9.18 Å². The first-order valence-electron chi connectivity index (χ1n) is 5.85. The highest BCUT2D eigenvalue weighted by atomic mass is 35.5. The molecule has 0 heterocycles. The van der Waals surface area contributed by atoms with Gasteiger partial charge in [0.1, 0.15) is 5.82 Å². The zero-order valence-corrected chi connectivity index (χ0v) is 12.0. The monoisotopic (exact) mass is 290 g/mol. The number of aryl methyl sites for hydroxylation is 1. The summed E-state index contributed by atoms with van der Waals surface area (Å²) in [5.41, 5.74) is 1.36. The molecule has 4 nitrogen and oxygen atoms in total. The summed E-state index contributed by atoms with van der Waals surface area (Å²) in [4.78, 5) is 11.4. The highest BCUT2D eigenvalue weighted by Gasteiger charge is 2.02. The largest absolute Gasteiger partial charge is 0.383 e. The Kier molecular flexibility index (Phi) is 9.12. The Morgan fingerprint density at radius 3 is 2.79 bits per heavy atom. The minimum atomic E-state index is -0.250. The lowest BCUT2D eigenvalue weighted by Crippen LogP contribution is -2.34. The minimum absolute atomic E-state index is 0. The molecule has 108 valence electrons. The molecular formula is C13H20ClFN2O2. The summed E-state index contributed by atoms with van der Waals surface area (Å²) >= 11 is 0. The molecular weight excluding hydrogens is 271 g/mol. The Labute approximate surface area is 119 Å². The summed E-state index contributed by atoms with van der Waals surface area (Å²) in [7, 11) is 1.60. The summed E-state index contributed by atoms with van der Waals surface area (Å²) in [5, 5.41) is 5.65. The topological polar surface area (TPSA) is 50.4 Å². The average molecular weight is 291 g/mol. The van der Waals surface area contributed by atoms with Crippen LogP contribution in [0.2, 0.25) is 0 Å². The van der Waals surface area contributed by atoms with E-state index in [2.05, 4.69) is 10.6 Å². The van der Waals surface area contributed by atoms with E-state index in [1.54, 1.807) is 26.2 Å². The van der Waals surface area contributed by atoms with Gasteiger partial charge in [-0.05, 0) is 24.1 Å². The fraction of sp³-hybridized carbons (Fsp3) is 0.462. The van der Waals surface area contributed by atoms with Crippen molar-refractivity contribution in [3.8, 4) is 0 Å². The number of hydrogen-bond acceptors (Lipinski definition) is 3. The Hall–Kier alpha value is -1.17. The third-order valence-corrected chi connectivity index (χ3v) is 2.49. The van der Waals surface area contributed by atoms with Crippen LogP contribution in [0.4, 0.5) is 4.39 Å². The fourth-order valence-electron chi connectivity index (χ4n) is 1.39. The Balaban J connectivity index is 0.00000324. The minimum Gasteiger partial charge on any atom is -0.383 e. The van der Waals surface area contributed by atoms with Crippen LogP contribution in [0.25, 0.3) is 0 Å². The van der Waals surface area contributed by atoms with E-state index in [4.69, 9.17) is 4.74 Å². The normalized spacial score (nSPS) is 9.84. The SMILES string of the molecule is COCCNCC(=O)NCc1ccc(C)c(F)c1.Cl. The third kappa shape index (κ3) is 7.10. The van der Waals surface area contributed by atoms with Gasteiger partial charge in [0.25, 0.3) is 0 Å². The number of methoxy groups -OCH3 is 1. The van der Waals surface area contributed by atoms with Crippen molar-refractivity contribution in [1.29, 1.82) is 0 Å². The number of hydrogen-bond donors (Lipinski definition) is 2. The summed E-state index contributed by atoms with van der Waals surface area (Å²) in [5.74, 6) is -0.368. The molecule has 1 amide bonds. The highest BCUT2D eigenvalue weighted by Crippen LogP contribution is 2.08. The average Bonchev–Trinajstić information content (AvgIpc) is 2.36. The van der Waals surface area contributed by atoms with Crippen LogP contribution >= 0.6 is 12.4 Å². The first-order chi connectivity index (χ1) is 8.63. The molecule has 6 heteroatoms. The second-order valence-corrected chi connectivity index (χ2v) is 4.03. The van der Waals surface area contributed by atoms with E-state index < -0.39 is 0 Å². The lowest BCUT2D eigenvalue weighted by molar-refractivity contribution is -0.120. The quantitative estimate of drug-likeness (QED) is 0.747. The van der Waals surface area contributed by atoms with E-state index in [0.29, 0.717) is 25.3 Å². The molecule has 0 radical (unpaired) electrons. The number of nitrogens with one attached hydrogen (secondary N) is 2. The lowest BCUT2D eigenvalue weighted by atomic mass is 10.1. The number of halogens is 2. The Morgan fingerprint density at radius 2 is 2.16 bits per heavy atom. The van der Waals surface area contributed by atoms with Crippen LogP contribution in [0.15, 0.2) is 18.2 Å². The number of carbonyl (C=O) groups is 1. The van der Waals surface area contributed by atoms with Gasteiger partial charge in [-0.25, -0.2) is 4.39 Å². The molecule has 19 heavy (non-hydrogen) atoms. The van der Waals surface area contributed by atoms with E-state index in [1.807, 2.05) is 0 Å². The van der Waals surface area contributed by atoms with Gasteiger partial charge >= 0.3 is 0 Å². The predicted octanol–water partition coefficient (Wildman–Crippen LogP) is 1.41. The van der Waals surface area contributed by atoms with Gasteiger partial charge in [0.05, 0.1) is 13.2 Å². The maximum atomic E-state index is 13.3. The van der Waals surface area contributed by atoms with Crippen molar-refractivity contribution in [2.45, 2.75) is 13.5 Å². The van der Waals surface area contributed by atoms with Crippen LogP contribution in [0.1, 0.15) is 11.1 Å². The van der Waals surface area contributed by atoms with Gasteiger partial charge in [-0.3, -0.25) is 4.79 Å². The van der Waals surface area contributed by atoms with Crippen LogP contribution in [-0.2, 0) is 16.1 Å². The molecule has 1 aromatic rings. The smallest absolute Gasteiger partial charge is 0.234 e. The molecule has 0 unspecified atom stereocenters. The molecule has 0 spiro atoms. The zero-order valence-electron chi connectivity index (χ0n) is 11.2. The molecule has 1 rings (SSSR count). The molecule has 0 fully saturated rings. The van der Waals surface area contributed by atoms with Crippen LogP contribution in [0, 0.1) is 12.7 Å². The number of amides is 1. The van der Waals surface area contributed by atoms with Gasteiger partial charge in [-0.15, -0.1) is 12.4 Å². The van der Waals surface area contributed by atoms with Crippen molar-refractivity contribution in [2.24, 2.45) is 0 Å². The van der Waals surface area contributed by atoms with E-state index in [1.165, 1.54) is 6.07 Å². The highest BCUT2D eigenvalue weighted by molar-refractivity contribution is 5.85. The van der Waals surface area contributed by atoms with Gasteiger partial charge < -0.3 is 15.4 Å². The van der Waals surface area contributed by atoms with Crippen molar-refractivity contribution in [3.63, 3.8) is 0 Å². The van der Waals surface area contributed by atoms with Gasteiger partial charge in [-0.1, -0.05) is 12.1 Å². The molecule has 0 atom stereocenters. The molecule has 0 saturated carbocycles. The van der Waals surface area contributed by atoms with Crippen LogP contribution < -0.4 is 10.6 Å². The van der Waals surface area contributed by atoms with E-state index >= 15 is 0 Å². The second-order valence-electron chi connectivity index (χ2n) is 4.03. The third-order valence-electron chi connectivity index (χ3n) is 2.49. The molecule has 2 N–H and O–H groups in total. The lowest BCUT2D eigenvalue weighted by Gasteiger charge is -2.07. The van der Waals surface area contributed by atoms with Crippen LogP contribution in [-0.4, -0.2) is 32.7 Å². The summed E-state index contributed by atoms with van der Waals surface area (Å²) < 4.78 is 18.1. The second kappa shape index (κ2) is 9.72. The molecule has 0 aliphatic rings. The summed E-state index contributed by atoms with van der Waals surface area (Å²) in [6.45, 7) is 3.47. The Bertz CT molecular complexity index is 402. The van der Waals surface area contributed by atoms with E-state index in [-0.39, 0.29) is 30.7 Å². The van der Waals surface area contributed by atoms with Gasteiger partial charge in [0, 0.05) is 20.2 Å². The summed E-state index contributed by atoms with van der Waals surface area (Å²) in [6.07, 6.45) is 0. The van der Waals surface area contributed by atoms with Crippen molar-refractivity contribution < 1.29 is 13.9 Å². The zero-order chi connectivity index (χ0) is 13.4. The molecule has 0 aliphatic heterocycles.